The summed E-state index contributed by atoms with van der Waals surface area (Å²) in [6.45, 7) is 6.22. The third-order valence-corrected chi connectivity index (χ3v) is 4.20. The van der Waals surface area contributed by atoms with Gasteiger partial charge in [0, 0.05) is 38.1 Å². The topological polar surface area (TPSA) is 71.0 Å². The third-order valence-electron chi connectivity index (χ3n) is 4.20. The Hall–Kier alpha value is -2.50. The fraction of sp³-hybridized carbons (Fsp3) is 0.444. The molecule has 1 N–H and O–H groups in total. The minimum atomic E-state index is -0.00326. The molecule has 1 aliphatic rings. The van der Waals surface area contributed by atoms with E-state index in [9.17, 15) is 4.79 Å². The van der Waals surface area contributed by atoms with Crippen LogP contribution in [-0.2, 0) is 6.54 Å². The second-order valence-electron chi connectivity index (χ2n) is 6.40. The maximum atomic E-state index is 12.7. The summed E-state index contributed by atoms with van der Waals surface area (Å²) in [5.41, 5.74) is 1.52. The molecule has 2 aromatic heterocycles. The molecule has 3 heterocycles. The van der Waals surface area contributed by atoms with Crippen LogP contribution in [0.1, 0.15) is 41.6 Å². The molecule has 6 heteroatoms. The molecular formula is C18H23N5O. The Labute approximate surface area is 142 Å². The van der Waals surface area contributed by atoms with Crippen molar-refractivity contribution < 1.29 is 4.79 Å². The number of carbonyl (C=O) groups is 1. The first kappa shape index (κ1) is 16.4. The Morgan fingerprint density at radius 3 is 3.04 bits per heavy atom. The number of anilines is 1. The Bertz CT molecular complexity index is 704. The second-order valence-corrected chi connectivity index (χ2v) is 6.40. The zero-order valence-electron chi connectivity index (χ0n) is 14.2. The molecule has 1 atom stereocenters. The van der Waals surface area contributed by atoms with Gasteiger partial charge in [0.2, 0.25) is 0 Å². The van der Waals surface area contributed by atoms with Crippen molar-refractivity contribution in [2.75, 3.05) is 18.4 Å². The van der Waals surface area contributed by atoms with E-state index in [2.05, 4.69) is 27.2 Å². The molecule has 126 valence electrons. The van der Waals surface area contributed by atoms with Crippen molar-refractivity contribution >= 4 is 11.7 Å². The molecule has 0 radical (unpaired) electrons. The third kappa shape index (κ3) is 4.07. The number of rotatable bonds is 4. The molecule has 6 nitrogen and oxygen atoms in total. The van der Waals surface area contributed by atoms with Gasteiger partial charge in [0.25, 0.3) is 5.91 Å². The Kier molecular flexibility index (Phi) is 5.03. The van der Waals surface area contributed by atoms with Gasteiger partial charge in [-0.05, 0) is 37.3 Å². The van der Waals surface area contributed by atoms with Gasteiger partial charge in [-0.25, -0.2) is 9.97 Å². The van der Waals surface area contributed by atoms with E-state index in [-0.39, 0.29) is 5.91 Å². The average Bonchev–Trinajstić information content (AvgIpc) is 2.60. The number of amides is 1. The predicted molar refractivity (Wildman–Crippen MR) is 92.6 cm³/mol. The summed E-state index contributed by atoms with van der Waals surface area (Å²) in [5.74, 6) is 1.81. The van der Waals surface area contributed by atoms with Crippen LogP contribution >= 0.6 is 0 Å². The van der Waals surface area contributed by atoms with Gasteiger partial charge in [-0.1, -0.05) is 13.0 Å². The number of hydrogen-bond acceptors (Lipinski definition) is 5. The SMILES string of the molecule is Cc1nc(NCc2cccnc2)cc(C(=O)N2CCCC(C)C2)n1. The van der Waals surface area contributed by atoms with Crippen LogP contribution in [0.3, 0.4) is 0 Å². The van der Waals surface area contributed by atoms with Gasteiger partial charge in [-0.2, -0.15) is 0 Å². The van der Waals surface area contributed by atoms with Crippen LogP contribution in [0.2, 0.25) is 0 Å². The Morgan fingerprint density at radius 1 is 1.42 bits per heavy atom. The van der Waals surface area contributed by atoms with E-state index >= 15 is 0 Å². The fourth-order valence-corrected chi connectivity index (χ4v) is 3.00. The molecule has 1 saturated heterocycles. The highest BCUT2D eigenvalue weighted by molar-refractivity contribution is 5.93. The summed E-state index contributed by atoms with van der Waals surface area (Å²) < 4.78 is 0. The lowest BCUT2D eigenvalue weighted by Gasteiger charge is -2.30. The van der Waals surface area contributed by atoms with Crippen molar-refractivity contribution in [2.45, 2.75) is 33.2 Å². The number of aromatic nitrogens is 3. The van der Waals surface area contributed by atoms with Gasteiger partial charge in [0.15, 0.2) is 0 Å². The zero-order chi connectivity index (χ0) is 16.9. The minimum Gasteiger partial charge on any atom is -0.366 e. The van der Waals surface area contributed by atoms with Crippen molar-refractivity contribution in [3.63, 3.8) is 0 Å². The standard InChI is InChI=1S/C18H23N5O/c1-13-5-4-8-23(12-13)18(24)16-9-17(22-14(2)21-16)20-11-15-6-3-7-19-10-15/h3,6-7,9-10,13H,4-5,8,11-12H2,1-2H3,(H,20,21,22). The summed E-state index contributed by atoms with van der Waals surface area (Å²) in [6, 6.07) is 5.63. The quantitative estimate of drug-likeness (QED) is 0.936. The van der Waals surface area contributed by atoms with Crippen LogP contribution in [0, 0.1) is 12.8 Å². The molecule has 0 aliphatic carbocycles. The van der Waals surface area contributed by atoms with Crippen LogP contribution in [0.5, 0.6) is 0 Å². The van der Waals surface area contributed by atoms with E-state index in [1.165, 1.54) is 6.42 Å². The fourth-order valence-electron chi connectivity index (χ4n) is 3.00. The van der Waals surface area contributed by atoms with Crippen molar-refractivity contribution in [1.29, 1.82) is 0 Å². The Balaban J connectivity index is 1.72. The lowest BCUT2D eigenvalue weighted by Crippen LogP contribution is -2.39. The number of carbonyl (C=O) groups excluding carboxylic acids is 1. The normalized spacial score (nSPS) is 17.6. The highest BCUT2D eigenvalue weighted by atomic mass is 16.2. The maximum absolute atomic E-state index is 12.7. The van der Waals surface area contributed by atoms with E-state index in [1.807, 2.05) is 30.2 Å². The first-order valence-corrected chi connectivity index (χ1v) is 8.39. The summed E-state index contributed by atoms with van der Waals surface area (Å²) in [6.07, 6.45) is 5.80. The monoisotopic (exact) mass is 325 g/mol. The number of pyridine rings is 1. The highest BCUT2D eigenvalue weighted by Gasteiger charge is 2.23. The molecule has 0 saturated carbocycles. The van der Waals surface area contributed by atoms with Gasteiger partial charge in [-0.3, -0.25) is 9.78 Å². The highest BCUT2D eigenvalue weighted by Crippen LogP contribution is 2.18. The van der Waals surface area contributed by atoms with E-state index < -0.39 is 0 Å². The smallest absolute Gasteiger partial charge is 0.272 e. The van der Waals surface area contributed by atoms with Crippen molar-refractivity contribution in [1.82, 2.24) is 19.9 Å². The molecule has 0 aromatic carbocycles. The number of aryl methyl sites for hydroxylation is 1. The van der Waals surface area contributed by atoms with Crippen LogP contribution in [0.4, 0.5) is 5.82 Å². The molecule has 1 fully saturated rings. The van der Waals surface area contributed by atoms with E-state index in [0.717, 1.165) is 25.1 Å². The van der Waals surface area contributed by atoms with Crippen LogP contribution in [-0.4, -0.2) is 38.8 Å². The van der Waals surface area contributed by atoms with E-state index in [0.29, 0.717) is 29.8 Å². The van der Waals surface area contributed by atoms with Crippen LogP contribution in [0.25, 0.3) is 0 Å². The second kappa shape index (κ2) is 7.38. The molecule has 0 bridgehead atoms. The summed E-state index contributed by atoms with van der Waals surface area (Å²) in [7, 11) is 0. The van der Waals surface area contributed by atoms with Gasteiger partial charge in [-0.15, -0.1) is 0 Å². The summed E-state index contributed by atoms with van der Waals surface area (Å²) >= 11 is 0. The number of nitrogens with one attached hydrogen (secondary N) is 1. The molecule has 24 heavy (non-hydrogen) atoms. The van der Waals surface area contributed by atoms with Crippen molar-refractivity contribution in [3.8, 4) is 0 Å². The average molecular weight is 325 g/mol. The molecule has 0 spiro atoms. The van der Waals surface area contributed by atoms with Crippen molar-refractivity contribution in [2.24, 2.45) is 5.92 Å². The molecule has 1 unspecified atom stereocenters. The first-order chi connectivity index (χ1) is 11.6. The molecule has 3 rings (SSSR count). The van der Waals surface area contributed by atoms with E-state index in [1.54, 1.807) is 12.3 Å². The van der Waals surface area contributed by atoms with Gasteiger partial charge >= 0.3 is 0 Å². The largest absolute Gasteiger partial charge is 0.366 e. The maximum Gasteiger partial charge on any atom is 0.272 e. The molecule has 1 aliphatic heterocycles. The molecule has 1 amide bonds. The summed E-state index contributed by atoms with van der Waals surface area (Å²) in [4.78, 5) is 27.4. The zero-order valence-corrected chi connectivity index (χ0v) is 14.2. The van der Waals surface area contributed by atoms with Crippen molar-refractivity contribution in [3.05, 3.63) is 47.7 Å². The molecule has 2 aromatic rings. The van der Waals surface area contributed by atoms with Crippen LogP contribution < -0.4 is 5.32 Å². The first-order valence-electron chi connectivity index (χ1n) is 8.39. The van der Waals surface area contributed by atoms with Gasteiger partial charge < -0.3 is 10.2 Å². The van der Waals surface area contributed by atoms with E-state index in [4.69, 9.17) is 0 Å². The van der Waals surface area contributed by atoms with Gasteiger partial charge in [0.1, 0.15) is 17.3 Å². The number of likely N-dealkylation sites (tertiary alicyclic amines) is 1. The minimum absolute atomic E-state index is 0.00326. The number of piperidine rings is 1. The number of nitrogens with zero attached hydrogens (tertiary/aromatic N) is 4. The lowest BCUT2D eigenvalue weighted by molar-refractivity contribution is 0.0676. The van der Waals surface area contributed by atoms with Gasteiger partial charge in [0.05, 0.1) is 0 Å². The summed E-state index contributed by atoms with van der Waals surface area (Å²) in [5, 5.41) is 3.25. The predicted octanol–water partition coefficient (Wildman–Crippen LogP) is 2.66. The number of hydrogen-bond donors (Lipinski definition) is 1. The molecular weight excluding hydrogens is 302 g/mol. The Morgan fingerprint density at radius 2 is 2.29 bits per heavy atom. The van der Waals surface area contributed by atoms with Crippen LogP contribution in [0.15, 0.2) is 30.6 Å². The lowest BCUT2D eigenvalue weighted by atomic mass is 10.00.